The average Bonchev–Trinajstić information content (AvgIpc) is 3.18. The molecule has 7 heteroatoms. The number of hydrogen-bond acceptors (Lipinski definition) is 5. The molecule has 0 unspecified atom stereocenters. The van der Waals surface area contributed by atoms with Gasteiger partial charge in [0.2, 0.25) is 0 Å². The Kier molecular flexibility index (Phi) is 3.92. The van der Waals surface area contributed by atoms with Crippen molar-refractivity contribution in [3.63, 3.8) is 0 Å². The standard InChI is InChI=1S/C14H14FN5S/c1-2-11-4-5-12(21-11)8-16-14-7-10(3-6-13(14)15)20-9-17-18-19-20/h3-7,9,16H,2,8H2,1H3. The highest BCUT2D eigenvalue weighted by molar-refractivity contribution is 7.12. The molecule has 2 aromatic heterocycles. The van der Waals surface area contributed by atoms with Crippen molar-refractivity contribution in [2.75, 3.05) is 5.32 Å². The number of aromatic nitrogens is 4. The summed E-state index contributed by atoms with van der Waals surface area (Å²) in [4.78, 5) is 2.51. The smallest absolute Gasteiger partial charge is 0.146 e. The number of thiophene rings is 1. The lowest BCUT2D eigenvalue weighted by atomic mass is 10.2. The maximum atomic E-state index is 13.9. The molecule has 0 aliphatic carbocycles. The van der Waals surface area contributed by atoms with Gasteiger partial charge in [0, 0.05) is 16.3 Å². The Morgan fingerprint density at radius 3 is 2.81 bits per heavy atom. The zero-order chi connectivity index (χ0) is 14.7. The van der Waals surface area contributed by atoms with E-state index in [0.29, 0.717) is 17.9 Å². The quantitative estimate of drug-likeness (QED) is 0.787. The molecule has 0 atom stereocenters. The molecule has 0 radical (unpaired) electrons. The van der Waals surface area contributed by atoms with Crippen LogP contribution in [0.15, 0.2) is 36.7 Å². The first-order chi connectivity index (χ1) is 10.3. The lowest BCUT2D eigenvalue weighted by molar-refractivity contribution is 0.629. The predicted molar refractivity (Wildman–Crippen MR) is 80.1 cm³/mol. The van der Waals surface area contributed by atoms with Crippen molar-refractivity contribution in [3.05, 3.63) is 52.2 Å². The number of tetrazole rings is 1. The average molecular weight is 303 g/mol. The van der Waals surface area contributed by atoms with Crippen molar-refractivity contribution in [2.24, 2.45) is 0 Å². The molecule has 0 bridgehead atoms. The van der Waals surface area contributed by atoms with Gasteiger partial charge in [-0.1, -0.05) is 6.92 Å². The Morgan fingerprint density at radius 1 is 1.24 bits per heavy atom. The zero-order valence-electron chi connectivity index (χ0n) is 11.5. The first kappa shape index (κ1) is 13.7. The molecule has 0 aliphatic rings. The van der Waals surface area contributed by atoms with Crippen molar-refractivity contribution < 1.29 is 4.39 Å². The molecular weight excluding hydrogens is 289 g/mol. The fourth-order valence-corrected chi connectivity index (χ4v) is 2.86. The molecule has 0 amide bonds. The largest absolute Gasteiger partial charge is 0.378 e. The number of anilines is 1. The summed E-state index contributed by atoms with van der Waals surface area (Å²) in [5.41, 5.74) is 1.15. The number of nitrogens with one attached hydrogen (secondary N) is 1. The number of hydrogen-bond donors (Lipinski definition) is 1. The van der Waals surface area contributed by atoms with Crippen molar-refractivity contribution in [2.45, 2.75) is 19.9 Å². The summed E-state index contributed by atoms with van der Waals surface area (Å²) in [6, 6.07) is 8.91. The molecule has 1 aromatic carbocycles. The second-order valence-corrected chi connectivity index (χ2v) is 5.75. The van der Waals surface area contributed by atoms with Crippen LogP contribution in [0.25, 0.3) is 5.69 Å². The van der Waals surface area contributed by atoms with Gasteiger partial charge in [0.25, 0.3) is 0 Å². The summed E-state index contributed by atoms with van der Waals surface area (Å²) in [6.07, 6.45) is 2.50. The number of nitrogens with zero attached hydrogens (tertiary/aromatic N) is 4. The van der Waals surface area contributed by atoms with Gasteiger partial charge in [-0.3, -0.25) is 0 Å². The van der Waals surface area contributed by atoms with Crippen LogP contribution in [-0.4, -0.2) is 20.2 Å². The van der Waals surface area contributed by atoms with Gasteiger partial charge in [-0.2, -0.15) is 0 Å². The molecule has 21 heavy (non-hydrogen) atoms. The molecule has 0 saturated carbocycles. The maximum Gasteiger partial charge on any atom is 0.146 e. The molecule has 2 heterocycles. The first-order valence-corrected chi connectivity index (χ1v) is 7.42. The lowest BCUT2D eigenvalue weighted by Gasteiger charge is -2.08. The van der Waals surface area contributed by atoms with Crippen LogP contribution >= 0.6 is 11.3 Å². The van der Waals surface area contributed by atoms with Crippen LogP contribution in [0.3, 0.4) is 0 Å². The highest BCUT2D eigenvalue weighted by Crippen LogP contribution is 2.22. The van der Waals surface area contributed by atoms with Crippen LogP contribution < -0.4 is 5.32 Å². The number of rotatable bonds is 5. The third-order valence-corrected chi connectivity index (χ3v) is 4.31. The van der Waals surface area contributed by atoms with E-state index in [9.17, 15) is 4.39 Å². The fraction of sp³-hybridized carbons (Fsp3) is 0.214. The highest BCUT2D eigenvalue weighted by Gasteiger charge is 2.06. The van der Waals surface area contributed by atoms with Gasteiger partial charge < -0.3 is 5.32 Å². The minimum Gasteiger partial charge on any atom is -0.378 e. The van der Waals surface area contributed by atoms with Gasteiger partial charge in [-0.05, 0) is 47.2 Å². The van der Waals surface area contributed by atoms with E-state index in [-0.39, 0.29) is 5.82 Å². The second kappa shape index (κ2) is 6.01. The van der Waals surface area contributed by atoms with Crippen LogP contribution in [-0.2, 0) is 13.0 Å². The Balaban J connectivity index is 1.76. The fourth-order valence-electron chi connectivity index (χ4n) is 1.96. The normalized spacial score (nSPS) is 10.8. The van der Waals surface area contributed by atoms with Gasteiger partial charge in [-0.15, -0.1) is 16.4 Å². The molecule has 5 nitrogen and oxygen atoms in total. The Labute approximate surface area is 125 Å². The van der Waals surface area contributed by atoms with Crippen molar-refractivity contribution in [1.29, 1.82) is 0 Å². The van der Waals surface area contributed by atoms with E-state index in [1.807, 2.05) is 0 Å². The minimum absolute atomic E-state index is 0.293. The third-order valence-electron chi connectivity index (χ3n) is 3.08. The van der Waals surface area contributed by atoms with Gasteiger partial charge in [-0.25, -0.2) is 9.07 Å². The van der Waals surface area contributed by atoms with E-state index in [1.165, 1.54) is 26.8 Å². The minimum atomic E-state index is -0.293. The van der Waals surface area contributed by atoms with Crippen LogP contribution in [0, 0.1) is 5.82 Å². The lowest BCUT2D eigenvalue weighted by Crippen LogP contribution is -2.02. The van der Waals surface area contributed by atoms with Crippen LogP contribution in [0.1, 0.15) is 16.7 Å². The SMILES string of the molecule is CCc1ccc(CNc2cc(-n3cnnn3)ccc2F)s1. The van der Waals surface area contributed by atoms with Crippen molar-refractivity contribution >= 4 is 17.0 Å². The molecule has 3 aromatic rings. The third kappa shape index (κ3) is 3.08. The predicted octanol–water partition coefficient (Wildman–Crippen LogP) is 3.04. The van der Waals surface area contributed by atoms with E-state index in [1.54, 1.807) is 23.5 Å². The van der Waals surface area contributed by atoms with Crippen molar-refractivity contribution in [3.8, 4) is 5.69 Å². The van der Waals surface area contributed by atoms with E-state index in [0.717, 1.165) is 6.42 Å². The van der Waals surface area contributed by atoms with E-state index >= 15 is 0 Å². The number of halogens is 1. The molecule has 108 valence electrons. The zero-order valence-corrected chi connectivity index (χ0v) is 12.3. The molecule has 0 spiro atoms. The molecule has 3 rings (SSSR count). The van der Waals surface area contributed by atoms with E-state index in [4.69, 9.17) is 0 Å². The summed E-state index contributed by atoms with van der Waals surface area (Å²) < 4.78 is 15.4. The van der Waals surface area contributed by atoms with Gasteiger partial charge in [0.05, 0.1) is 11.4 Å². The van der Waals surface area contributed by atoms with Gasteiger partial charge in [0.15, 0.2) is 0 Å². The molecule has 0 aliphatic heterocycles. The summed E-state index contributed by atoms with van der Waals surface area (Å²) >= 11 is 1.74. The van der Waals surface area contributed by atoms with Crippen LogP contribution in [0.5, 0.6) is 0 Å². The van der Waals surface area contributed by atoms with Gasteiger partial charge >= 0.3 is 0 Å². The monoisotopic (exact) mass is 303 g/mol. The Morgan fingerprint density at radius 2 is 2.10 bits per heavy atom. The van der Waals surface area contributed by atoms with E-state index < -0.39 is 0 Å². The maximum absolute atomic E-state index is 13.9. The van der Waals surface area contributed by atoms with Crippen LogP contribution in [0.4, 0.5) is 10.1 Å². The highest BCUT2D eigenvalue weighted by atomic mass is 32.1. The van der Waals surface area contributed by atoms with Crippen LogP contribution in [0.2, 0.25) is 0 Å². The summed E-state index contributed by atoms with van der Waals surface area (Å²) in [6.45, 7) is 2.72. The number of benzene rings is 1. The van der Waals surface area contributed by atoms with E-state index in [2.05, 4.69) is 39.9 Å². The first-order valence-electron chi connectivity index (χ1n) is 6.60. The topological polar surface area (TPSA) is 55.6 Å². The molecular formula is C14H14FN5S. The Bertz CT molecular complexity index is 723. The Hall–Kier alpha value is -2.28. The second-order valence-electron chi connectivity index (χ2n) is 4.49. The molecule has 0 fully saturated rings. The molecule has 0 saturated heterocycles. The summed E-state index contributed by atoms with van der Waals surface area (Å²) in [5.74, 6) is -0.293. The molecule has 1 N–H and O–H groups in total. The summed E-state index contributed by atoms with van der Waals surface area (Å²) in [5, 5.41) is 14.1. The summed E-state index contributed by atoms with van der Waals surface area (Å²) in [7, 11) is 0. The number of aryl methyl sites for hydroxylation is 1. The van der Waals surface area contributed by atoms with Crippen molar-refractivity contribution in [1.82, 2.24) is 20.2 Å². The van der Waals surface area contributed by atoms with Gasteiger partial charge in [0.1, 0.15) is 12.1 Å².